The van der Waals surface area contributed by atoms with Gasteiger partial charge in [-0.2, -0.15) is 0 Å². The first-order chi connectivity index (χ1) is 13.5. The number of rotatable bonds is 5. The SMILES string of the molecule is Cc1ccc2c(COC(=O)[C@@H]3CC(=O)N(Cc4ccco4)C3)cc(=O)oc2c1. The van der Waals surface area contributed by atoms with Crippen molar-refractivity contribution >= 4 is 22.8 Å². The fourth-order valence-corrected chi connectivity index (χ4v) is 3.40. The Morgan fingerprint density at radius 2 is 2.11 bits per heavy atom. The second kappa shape index (κ2) is 7.34. The van der Waals surface area contributed by atoms with E-state index in [9.17, 15) is 14.4 Å². The van der Waals surface area contributed by atoms with E-state index in [2.05, 4.69) is 0 Å². The second-order valence-electron chi connectivity index (χ2n) is 6.95. The number of aryl methyl sites for hydroxylation is 1. The molecular formula is C21H19NO6. The molecule has 0 bridgehead atoms. The quantitative estimate of drug-likeness (QED) is 0.499. The summed E-state index contributed by atoms with van der Waals surface area (Å²) < 4.78 is 15.9. The molecular weight excluding hydrogens is 362 g/mol. The van der Waals surface area contributed by atoms with Crippen LogP contribution in [0.15, 0.2) is 56.3 Å². The number of hydrogen-bond acceptors (Lipinski definition) is 6. The number of nitrogens with zero attached hydrogens (tertiary/aromatic N) is 1. The minimum Gasteiger partial charge on any atom is -0.467 e. The lowest BCUT2D eigenvalue weighted by Crippen LogP contribution is -2.26. The van der Waals surface area contributed by atoms with E-state index in [1.807, 2.05) is 19.1 Å². The maximum Gasteiger partial charge on any atom is 0.336 e. The van der Waals surface area contributed by atoms with Crippen molar-refractivity contribution < 1.29 is 23.2 Å². The standard InChI is InChI=1S/C21H19NO6/c1-13-4-5-17-15(9-20(24)28-18(17)7-13)12-27-21(25)14-8-19(23)22(10-14)11-16-3-2-6-26-16/h2-7,9,14H,8,10-12H2,1H3/t14-/m1/s1. The molecule has 0 N–H and O–H groups in total. The highest BCUT2D eigenvalue weighted by Gasteiger charge is 2.35. The van der Waals surface area contributed by atoms with Gasteiger partial charge in [0, 0.05) is 30.0 Å². The lowest BCUT2D eigenvalue weighted by molar-refractivity contribution is -0.149. The first-order valence-electron chi connectivity index (χ1n) is 9.00. The zero-order valence-electron chi connectivity index (χ0n) is 15.3. The van der Waals surface area contributed by atoms with Crippen molar-refractivity contribution in [2.75, 3.05) is 6.54 Å². The zero-order valence-corrected chi connectivity index (χ0v) is 15.3. The van der Waals surface area contributed by atoms with Gasteiger partial charge < -0.3 is 18.5 Å². The van der Waals surface area contributed by atoms with Gasteiger partial charge in [0.15, 0.2) is 0 Å². The Bertz CT molecular complexity index is 1080. The summed E-state index contributed by atoms with van der Waals surface area (Å²) in [6.07, 6.45) is 1.65. The highest BCUT2D eigenvalue weighted by atomic mass is 16.5. The maximum absolute atomic E-state index is 12.5. The van der Waals surface area contributed by atoms with Crippen LogP contribution in [0.4, 0.5) is 0 Å². The molecule has 1 fully saturated rings. The molecule has 0 saturated carbocycles. The highest BCUT2D eigenvalue weighted by Crippen LogP contribution is 2.23. The Labute approximate surface area is 160 Å². The molecule has 1 saturated heterocycles. The molecule has 7 heteroatoms. The number of benzene rings is 1. The first-order valence-corrected chi connectivity index (χ1v) is 9.00. The third-order valence-electron chi connectivity index (χ3n) is 4.83. The molecule has 2 aromatic heterocycles. The van der Waals surface area contributed by atoms with Crippen LogP contribution in [0.25, 0.3) is 11.0 Å². The molecule has 7 nitrogen and oxygen atoms in total. The van der Waals surface area contributed by atoms with Crippen molar-refractivity contribution in [3.63, 3.8) is 0 Å². The van der Waals surface area contributed by atoms with Gasteiger partial charge in [-0.3, -0.25) is 9.59 Å². The third-order valence-corrected chi connectivity index (χ3v) is 4.83. The Kier molecular flexibility index (Phi) is 4.73. The molecule has 1 aliphatic heterocycles. The molecule has 0 radical (unpaired) electrons. The summed E-state index contributed by atoms with van der Waals surface area (Å²) in [7, 11) is 0. The lowest BCUT2D eigenvalue weighted by atomic mass is 10.1. The normalized spacial score (nSPS) is 16.7. The average Bonchev–Trinajstić information content (AvgIpc) is 3.29. The number of hydrogen-bond donors (Lipinski definition) is 0. The summed E-state index contributed by atoms with van der Waals surface area (Å²) in [5.41, 5.74) is 1.51. The van der Waals surface area contributed by atoms with Gasteiger partial charge in [-0.05, 0) is 30.7 Å². The van der Waals surface area contributed by atoms with Gasteiger partial charge in [-0.15, -0.1) is 0 Å². The molecule has 4 rings (SSSR count). The predicted octanol–water partition coefficient (Wildman–Crippen LogP) is 2.79. The average molecular weight is 381 g/mol. The number of ether oxygens (including phenoxy) is 1. The van der Waals surface area contributed by atoms with Crippen LogP contribution < -0.4 is 5.63 Å². The van der Waals surface area contributed by atoms with Crippen LogP contribution in [0, 0.1) is 12.8 Å². The Hall–Kier alpha value is -3.35. The van der Waals surface area contributed by atoms with Gasteiger partial charge >= 0.3 is 11.6 Å². The van der Waals surface area contributed by atoms with Crippen molar-refractivity contribution in [2.45, 2.75) is 26.5 Å². The van der Waals surface area contributed by atoms with Crippen molar-refractivity contribution in [3.05, 3.63) is 70.0 Å². The van der Waals surface area contributed by atoms with E-state index in [1.165, 1.54) is 6.07 Å². The van der Waals surface area contributed by atoms with Gasteiger partial charge in [0.1, 0.15) is 18.0 Å². The number of amides is 1. The number of esters is 1. The molecule has 0 aliphatic carbocycles. The fourth-order valence-electron chi connectivity index (χ4n) is 3.40. The maximum atomic E-state index is 12.5. The van der Waals surface area contributed by atoms with Gasteiger partial charge in [-0.25, -0.2) is 4.79 Å². The van der Waals surface area contributed by atoms with Crippen LogP contribution in [0.2, 0.25) is 0 Å². The van der Waals surface area contributed by atoms with Crippen molar-refractivity contribution in [1.82, 2.24) is 4.90 Å². The van der Waals surface area contributed by atoms with E-state index in [0.29, 0.717) is 23.5 Å². The fraction of sp³-hybridized carbons (Fsp3) is 0.286. The van der Waals surface area contributed by atoms with Crippen LogP contribution in [0.5, 0.6) is 0 Å². The molecule has 1 aromatic carbocycles. The van der Waals surface area contributed by atoms with Crippen molar-refractivity contribution in [1.29, 1.82) is 0 Å². The number of carbonyl (C=O) groups is 2. The number of furan rings is 1. The monoisotopic (exact) mass is 381 g/mol. The highest BCUT2D eigenvalue weighted by molar-refractivity contribution is 5.87. The van der Waals surface area contributed by atoms with E-state index in [-0.39, 0.29) is 25.5 Å². The molecule has 28 heavy (non-hydrogen) atoms. The van der Waals surface area contributed by atoms with E-state index in [1.54, 1.807) is 29.4 Å². The van der Waals surface area contributed by atoms with Crippen LogP contribution >= 0.6 is 0 Å². The third kappa shape index (κ3) is 3.69. The molecule has 144 valence electrons. The Morgan fingerprint density at radius 1 is 1.25 bits per heavy atom. The molecule has 0 spiro atoms. The largest absolute Gasteiger partial charge is 0.467 e. The van der Waals surface area contributed by atoms with E-state index < -0.39 is 17.5 Å². The smallest absolute Gasteiger partial charge is 0.336 e. The minimum atomic E-state index is -0.531. The Morgan fingerprint density at radius 3 is 2.89 bits per heavy atom. The predicted molar refractivity (Wildman–Crippen MR) is 99.2 cm³/mol. The van der Waals surface area contributed by atoms with Gasteiger partial charge in [0.25, 0.3) is 0 Å². The summed E-state index contributed by atoms with van der Waals surface area (Å²) in [6.45, 7) is 2.47. The molecule has 3 aromatic rings. The molecule has 3 heterocycles. The topological polar surface area (TPSA) is 90.0 Å². The van der Waals surface area contributed by atoms with Gasteiger partial charge in [-0.1, -0.05) is 12.1 Å². The summed E-state index contributed by atoms with van der Waals surface area (Å²) in [4.78, 5) is 38.0. The van der Waals surface area contributed by atoms with Crippen LogP contribution in [-0.2, 0) is 27.5 Å². The van der Waals surface area contributed by atoms with E-state index in [4.69, 9.17) is 13.6 Å². The minimum absolute atomic E-state index is 0.0487. The van der Waals surface area contributed by atoms with Crippen LogP contribution in [0.1, 0.15) is 23.3 Å². The zero-order chi connectivity index (χ0) is 19.7. The van der Waals surface area contributed by atoms with Crippen LogP contribution in [-0.4, -0.2) is 23.3 Å². The van der Waals surface area contributed by atoms with Crippen molar-refractivity contribution in [3.8, 4) is 0 Å². The number of likely N-dealkylation sites (tertiary alicyclic amines) is 1. The number of fused-ring (bicyclic) bond motifs is 1. The Balaban J connectivity index is 1.43. The number of carbonyl (C=O) groups excluding carboxylic acids is 2. The summed E-state index contributed by atoms with van der Waals surface area (Å²) in [5.74, 6) is -0.431. The molecule has 1 aliphatic rings. The summed E-state index contributed by atoms with van der Waals surface area (Å²) >= 11 is 0. The van der Waals surface area contributed by atoms with Crippen molar-refractivity contribution in [2.24, 2.45) is 5.92 Å². The van der Waals surface area contributed by atoms with E-state index >= 15 is 0 Å². The second-order valence-corrected chi connectivity index (χ2v) is 6.95. The molecule has 1 amide bonds. The first kappa shape index (κ1) is 18.0. The van der Waals surface area contributed by atoms with E-state index in [0.717, 1.165) is 10.9 Å². The summed E-state index contributed by atoms with van der Waals surface area (Å²) in [5, 5.41) is 0.722. The molecule has 1 atom stereocenters. The van der Waals surface area contributed by atoms with Gasteiger partial charge in [0.05, 0.1) is 18.7 Å². The van der Waals surface area contributed by atoms with Crippen LogP contribution in [0.3, 0.4) is 0 Å². The summed E-state index contributed by atoms with van der Waals surface area (Å²) in [6, 6.07) is 10.4. The van der Waals surface area contributed by atoms with Gasteiger partial charge in [0.2, 0.25) is 5.91 Å². The molecule has 0 unspecified atom stereocenters. The lowest BCUT2D eigenvalue weighted by Gasteiger charge is -2.15.